The molecule has 1 fully saturated rings. The Labute approximate surface area is 123 Å². The van der Waals surface area contributed by atoms with E-state index >= 15 is 0 Å². The van der Waals surface area contributed by atoms with Gasteiger partial charge in [-0.1, -0.05) is 30.5 Å². The summed E-state index contributed by atoms with van der Waals surface area (Å²) in [6.45, 7) is 0.312. The number of pyridine rings is 1. The van der Waals surface area contributed by atoms with E-state index in [0.717, 1.165) is 18.4 Å². The molecule has 1 aliphatic carbocycles. The van der Waals surface area contributed by atoms with E-state index in [0.29, 0.717) is 17.6 Å². The summed E-state index contributed by atoms with van der Waals surface area (Å²) >= 11 is 5.68. The molecule has 0 saturated heterocycles. The number of hydrogen-bond acceptors (Lipinski definition) is 3. The van der Waals surface area contributed by atoms with Gasteiger partial charge in [-0.3, -0.25) is 4.79 Å². The Morgan fingerprint density at radius 1 is 1.50 bits per heavy atom. The Balaban J connectivity index is 1.75. The number of aliphatic hydroxyl groups is 1. The van der Waals surface area contributed by atoms with Gasteiger partial charge in [0, 0.05) is 18.8 Å². The molecule has 1 atom stereocenters. The van der Waals surface area contributed by atoms with Crippen LogP contribution in [0.5, 0.6) is 0 Å². The van der Waals surface area contributed by atoms with Gasteiger partial charge in [0.25, 0.3) is 0 Å². The first-order valence-corrected chi connectivity index (χ1v) is 7.28. The van der Waals surface area contributed by atoms with Crippen LogP contribution in [0.2, 0.25) is 5.15 Å². The first-order valence-electron chi connectivity index (χ1n) is 6.90. The van der Waals surface area contributed by atoms with E-state index in [-0.39, 0.29) is 5.91 Å². The Kier molecular flexibility index (Phi) is 5.56. The van der Waals surface area contributed by atoms with E-state index in [1.807, 2.05) is 0 Å². The molecule has 4 nitrogen and oxygen atoms in total. The second-order valence-corrected chi connectivity index (χ2v) is 5.49. The summed E-state index contributed by atoms with van der Waals surface area (Å²) in [7, 11) is 0. The van der Waals surface area contributed by atoms with Crippen molar-refractivity contribution < 1.29 is 9.90 Å². The van der Waals surface area contributed by atoms with Crippen molar-refractivity contribution in [3.05, 3.63) is 35.1 Å². The Bertz CT molecular complexity index is 467. The summed E-state index contributed by atoms with van der Waals surface area (Å²) in [6, 6.07) is 3.45. The number of aliphatic hydroxyl groups excluding tert-OH is 1. The number of halogens is 1. The highest BCUT2D eigenvalue weighted by molar-refractivity contribution is 6.29. The summed E-state index contributed by atoms with van der Waals surface area (Å²) in [6.07, 6.45) is 8.74. The van der Waals surface area contributed by atoms with Crippen LogP contribution in [0.4, 0.5) is 0 Å². The van der Waals surface area contributed by atoms with Gasteiger partial charge in [-0.05, 0) is 36.5 Å². The number of hydrogen-bond donors (Lipinski definition) is 2. The highest BCUT2D eigenvalue weighted by Crippen LogP contribution is 2.27. The largest absolute Gasteiger partial charge is 0.391 e. The predicted octanol–water partition coefficient (Wildman–Crippen LogP) is 2.42. The number of nitrogens with one attached hydrogen (secondary N) is 1. The lowest BCUT2D eigenvalue weighted by Crippen LogP contribution is -2.34. The molecular weight excluding hydrogens is 276 g/mol. The first kappa shape index (κ1) is 15.0. The zero-order chi connectivity index (χ0) is 14.4. The van der Waals surface area contributed by atoms with Crippen molar-refractivity contribution in [3.8, 4) is 0 Å². The van der Waals surface area contributed by atoms with Crippen LogP contribution in [0.1, 0.15) is 31.2 Å². The fourth-order valence-corrected chi connectivity index (χ4v) is 2.54. The van der Waals surface area contributed by atoms with E-state index in [1.54, 1.807) is 24.4 Å². The lowest BCUT2D eigenvalue weighted by molar-refractivity contribution is -0.117. The van der Waals surface area contributed by atoms with E-state index in [9.17, 15) is 9.90 Å². The SMILES string of the molecule is O=C(/C=C/c1ccc(Cl)nc1)NCC(O)C1CCCC1. The molecule has 1 heterocycles. The molecule has 1 aliphatic rings. The lowest BCUT2D eigenvalue weighted by atomic mass is 10.0. The topological polar surface area (TPSA) is 62.2 Å². The molecule has 0 aliphatic heterocycles. The third kappa shape index (κ3) is 4.62. The Hall–Kier alpha value is -1.39. The molecule has 0 bridgehead atoms. The fraction of sp³-hybridized carbons (Fsp3) is 0.467. The van der Waals surface area contributed by atoms with E-state index in [2.05, 4.69) is 10.3 Å². The van der Waals surface area contributed by atoms with Crippen LogP contribution >= 0.6 is 11.6 Å². The predicted molar refractivity (Wildman–Crippen MR) is 79.3 cm³/mol. The highest BCUT2D eigenvalue weighted by Gasteiger charge is 2.22. The third-order valence-electron chi connectivity index (χ3n) is 3.61. The van der Waals surface area contributed by atoms with Crippen molar-refractivity contribution in [1.82, 2.24) is 10.3 Å². The van der Waals surface area contributed by atoms with Crippen LogP contribution in [0, 0.1) is 5.92 Å². The molecule has 1 unspecified atom stereocenters. The van der Waals surface area contributed by atoms with Gasteiger partial charge in [-0.15, -0.1) is 0 Å². The number of carbonyl (C=O) groups is 1. The molecule has 1 aromatic heterocycles. The quantitative estimate of drug-likeness (QED) is 0.647. The summed E-state index contributed by atoms with van der Waals surface area (Å²) in [5.41, 5.74) is 0.806. The summed E-state index contributed by atoms with van der Waals surface area (Å²) in [5.74, 6) is 0.122. The number of nitrogens with zero attached hydrogens (tertiary/aromatic N) is 1. The lowest BCUT2D eigenvalue weighted by Gasteiger charge is -2.17. The van der Waals surface area contributed by atoms with Gasteiger partial charge in [0.05, 0.1) is 6.10 Å². The smallest absolute Gasteiger partial charge is 0.244 e. The summed E-state index contributed by atoms with van der Waals surface area (Å²) in [5, 5.41) is 13.1. The average Bonchev–Trinajstić information content (AvgIpc) is 2.98. The maximum Gasteiger partial charge on any atom is 0.244 e. The third-order valence-corrected chi connectivity index (χ3v) is 3.83. The van der Waals surface area contributed by atoms with Gasteiger partial charge in [0.1, 0.15) is 5.15 Å². The molecular formula is C15H19ClN2O2. The van der Waals surface area contributed by atoms with Crippen molar-refractivity contribution in [1.29, 1.82) is 0 Å². The summed E-state index contributed by atoms with van der Waals surface area (Å²) in [4.78, 5) is 15.6. The molecule has 20 heavy (non-hydrogen) atoms. The number of rotatable bonds is 5. The molecule has 2 N–H and O–H groups in total. The molecule has 0 radical (unpaired) electrons. The summed E-state index contributed by atoms with van der Waals surface area (Å²) < 4.78 is 0. The van der Waals surface area contributed by atoms with Gasteiger partial charge in [-0.25, -0.2) is 4.98 Å². The maximum absolute atomic E-state index is 11.6. The average molecular weight is 295 g/mol. The van der Waals surface area contributed by atoms with Gasteiger partial charge in [0.2, 0.25) is 5.91 Å². The number of carbonyl (C=O) groups excluding carboxylic acids is 1. The molecule has 5 heteroatoms. The van der Waals surface area contributed by atoms with Gasteiger partial charge in [-0.2, -0.15) is 0 Å². The van der Waals surface area contributed by atoms with Gasteiger partial charge in [0.15, 0.2) is 0 Å². The number of aromatic nitrogens is 1. The molecule has 2 rings (SSSR count). The minimum atomic E-state index is -0.438. The minimum absolute atomic E-state index is 0.211. The van der Waals surface area contributed by atoms with Crippen molar-refractivity contribution in [2.75, 3.05) is 6.54 Å². The van der Waals surface area contributed by atoms with Crippen LogP contribution < -0.4 is 5.32 Å². The van der Waals surface area contributed by atoms with Crippen LogP contribution in [0.3, 0.4) is 0 Å². The highest BCUT2D eigenvalue weighted by atomic mass is 35.5. The van der Waals surface area contributed by atoms with Crippen molar-refractivity contribution in [3.63, 3.8) is 0 Å². The van der Waals surface area contributed by atoms with Gasteiger partial charge < -0.3 is 10.4 Å². The Morgan fingerprint density at radius 3 is 2.90 bits per heavy atom. The molecule has 1 saturated carbocycles. The van der Waals surface area contributed by atoms with E-state index in [4.69, 9.17) is 11.6 Å². The molecule has 0 aromatic carbocycles. The van der Waals surface area contributed by atoms with Crippen LogP contribution in [-0.2, 0) is 4.79 Å². The molecule has 1 amide bonds. The van der Waals surface area contributed by atoms with E-state index in [1.165, 1.54) is 18.9 Å². The van der Waals surface area contributed by atoms with Crippen molar-refractivity contribution in [2.45, 2.75) is 31.8 Å². The molecule has 0 spiro atoms. The van der Waals surface area contributed by atoms with Crippen molar-refractivity contribution >= 4 is 23.6 Å². The zero-order valence-electron chi connectivity index (χ0n) is 11.3. The molecule has 1 aromatic rings. The fourth-order valence-electron chi connectivity index (χ4n) is 2.43. The van der Waals surface area contributed by atoms with Crippen LogP contribution in [-0.4, -0.2) is 28.6 Å². The standard InChI is InChI=1S/C15H19ClN2O2/c16-14-7-5-11(9-17-14)6-8-15(20)18-10-13(19)12-3-1-2-4-12/h5-9,12-13,19H,1-4,10H2,(H,18,20)/b8-6+. The molecule has 108 valence electrons. The van der Waals surface area contributed by atoms with Crippen LogP contribution in [0.15, 0.2) is 24.4 Å². The van der Waals surface area contributed by atoms with E-state index < -0.39 is 6.10 Å². The monoisotopic (exact) mass is 294 g/mol. The second kappa shape index (κ2) is 7.41. The Morgan fingerprint density at radius 2 is 2.25 bits per heavy atom. The maximum atomic E-state index is 11.6. The van der Waals surface area contributed by atoms with Crippen molar-refractivity contribution in [2.24, 2.45) is 5.92 Å². The zero-order valence-corrected chi connectivity index (χ0v) is 12.0. The normalized spacial score (nSPS) is 17.5. The second-order valence-electron chi connectivity index (χ2n) is 5.10. The van der Waals surface area contributed by atoms with Gasteiger partial charge >= 0.3 is 0 Å². The first-order chi connectivity index (χ1) is 9.65. The van der Waals surface area contributed by atoms with Crippen LogP contribution in [0.25, 0.3) is 6.08 Å². The number of amides is 1. The minimum Gasteiger partial charge on any atom is -0.391 e.